The smallest absolute Gasteiger partial charge is 0.237 e. The first-order chi connectivity index (χ1) is 13.6. The molecule has 1 amide bonds. The molecule has 1 aromatic carbocycles. The van der Waals surface area contributed by atoms with Gasteiger partial charge in [0.15, 0.2) is 0 Å². The van der Waals surface area contributed by atoms with Gasteiger partial charge in [-0.3, -0.25) is 9.69 Å². The number of hydrogen-bond acceptors (Lipinski definition) is 3. The first-order valence-corrected chi connectivity index (χ1v) is 10.3. The van der Waals surface area contributed by atoms with Gasteiger partial charge in [-0.05, 0) is 44.0 Å². The summed E-state index contributed by atoms with van der Waals surface area (Å²) in [5.41, 5.74) is 0.989. The molecule has 1 aliphatic rings. The molecule has 2 aromatic rings. The van der Waals surface area contributed by atoms with Crippen molar-refractivity contribution in [2.75, 3.05) is 20.1 Å². The number of likely N-dealkylation sites (N-methyl/N-ethyl adjacent to an activating group) is 1. The van der Waals surface area contributed by atoms with Crippen molar-refractivity contribution in [2.24, 2.45) is 0 Å². The summed E-state index contributed by atoms with van der Waals surface area (Å²) >= 11 is 0. The van der Waals surface area contributed by atoms with Crippen LogP contribution in [-0.2, 0) is 17.9 Å². The topological polar surface area (TPSA) is 41.4 Å². The zero-order chi connectivity index (χ0) is 19.8. The van der Waals surface area contributed by atoms with E-state index in [0.717, 1.165) is 37.9 Å². The monoisotopic (exact) mass is 386 g/mol. The molecule has 0 radical (unpaired) electrons. The molecule has 1 saturated carbocycles. The maximum absolute atomic E-state index is 13.2. The SMILES string of the molecule is CN(CCCn1ccnc1)CC(=O)N(Cc1ccc(F)cc1)C1CCCCC1. The third-order valence-electron chi connectivity index (χ3n) is 5.52. The van der Waals surface area contributed by atoms with E-state index in [0.29, 0.717) is 19.1 Å². The average molecular weight is 387 g/mol. The highest BCUT2D eigenvalue weighted by Gasteiger charge is 2.26. The van der Waals surface area contributed by atoms with E-state index in [2.05, 4.69) is 14.5 Å². The Labute approximate surface area is 167 Å². The van der Waals surface area contributed by atoms with Gasteiger partial charge in [0.2, 0.25) is 5.91 Å². The molecule has 1 heterocycles. The summed E-state index contributed by atoms with van der Waals surface area (Å²) in [6, 6.07) is 6.81. The van der Waals surface area contributed by atoms with Crippen molar-refractivity contribution in [3.63, 3.8) is 0 Å². The lowest BCUT2D eigenvalue weighted by molar-refractivity contribution is -0.135. The van der Waals surface area contributed by atoms with Crippen LogP contribution in [0.4, 0.5) is 4.39 Å². The van der Waals surface area contributed by atoms with E-state index < -0.39 is 0 Å². The van der Waals surface area contributed by atoms with Crippen LogP contribution < -0.4 is 0 Å². The summed E-state index contributed by atoms with van der Waals surface area (Å²) in [7, 11) is 2.00. The molecule has 0 N–H and O–H groups in total. The lowest BCUT2D eigenvalue weighted by atomic mass is 9.93. The van der Waals surface area contributed by atoms with Crippen LogP contribution in [0.3, 0.4) is 0 Å². The van der Waals surface area contributed by atoms with E-state index in [4.69, 9.17) is 0 Å². The predicted molar refractivity (Wildman–Crippen MR) is 108 cm³/mol. The minimum Gasteiger partial charge on any atom is -0.337 e. The van der Waals surface area contributed by atoms with Crippen LogP contribution in [0, 0.1) is 5.82 Å². The van der Waals surface area contributed by atoms with E-state index in [1.54, 1.807) is 18.3 Å². The molecule has 1 fully saturated rings. The molecule has 0 unspecified atom stereocenters. The summed E-state index contributed by atoms with van der Waals surface area (Å²) in [6.07, 6.45) is 12.3. The first-order valence-electron chi connectivity index (χ1n) is 10.3. The molecule has 6 heteroatoms. The summed E-state index contributed by atoms with van der Waals surface area (Å²) in [6.45, 7) is 2.74. The molecule has 0 aliphatic heterocycles. The Hall–Kier alpha value is -2.21. The second kappa shape index (κ2) is 10.4. The zero-order valence-electron chi connectivity index (χ0n) is 16.8. The van der Waals surface area contributed by atoms with Crippen molar-refractivity contribution in [3.05, 3.63) is 54.4 Å². The zero-order valence-corrected chi connectivity index (χ0v) is 16.8. The predicted octanol–water partition coefficient (Wildman–Crippen LogP) is 3.71. The van der Waals surface area contributed by atoms with Crippen LogP contribution in [-0.4, -0.2) is 51.4 Å². The largest absolute Gasteiger partial charge is 0.337 e. The fraction of sp³-hybridized carbons (Fsp3) is 0.545. The number of carbonyl (C=O) groups excluding carboxylic acids is 1. The van der Waals surface area contributed by atoms with Crippen molar-refractivity contribution < 1.29 is 9.18 Å². The van der Waals surface area contributed by atoms with Gasteiger partial charge in [0.05, 0.1) is 12.9 Å². The number of rotatable bonds is 9. The number of halogens is 1. The third-order valence-corrected chi connectivity index (χ3v) is 5.52. The van der Waals surface area contributed by atoms with Crippen LogP contribution in [0.5, 0.6) is 0 Å². The van der Waals surface area contributed by atoms with Crippen molar-refractivity contribution in [3.8, 4) is 0 Å². The summed E-state index contributed by atoms with van der Waals surface area (Å²) in [5.74, 6) is -0.0710. The van der Waals surface area contributed by atoms with Crippen molar-refractivity contribution >= 4 is 5.91 Å². The molecule has 152 valence electrons. The Bertz CT molecular complexity index is 711. The van der Waals surface area contributed by atoms with Crippen molar-refractivity contribution in [1.29, 1.82) is 0 Å². The average Bonchev–Trinajstić information content (AvgIpc) is 3.21. The first kappa shape index (κ1) is 20.5. The van der Waals surface area contributed by atoms with E-state index in [-0.39, 0.29) is 11.7 Å². The van der Waals surface area contributed by atoms with Gasteiger partial charge >= 0.3 is 0 Å². The third kappa shape index (κ3) is 6.16. The minimum absolute atomic E-state index is 0.168. The maximum Gasteiger partial charge on any atom is 0.237 e. The molecular weight excluding hydrogens is 355 g/mol. The van der Waals surface area contributed by atoms with Crippen LogP contribution in [0.1, 0.15) is 44.1 Å². The summed E-state index contributed by atoms with van der Waals surface area (Å²) in [4.78, 5) is 21.3. The van der Waals surface area contributed by atoms with Gasteiger partial charge in [0.1, 0.15) is 5.82 Å². The second-order valence-corrected chi connectivity index (χ2v) is 7.83. The Morgan fingerprint density at radius 1 is 1.21 bits per heavy atom. The van der Waals surface area contributed by atoms with Crippen LogP contribution >= 0.6 is 0 Å². The fourth-order valence-electron chi connectivity index (χ4n) is 3.94. The Morgan fingerprint density at radius 2 is 1.96 bits per heavy atom. The molecule has 1 aliphatic carbocycles. The Balaban J connectivity index is 1.56. The second-order valence-electron chi connectivity index (χ2n) is 7.83. The summed E-state index contributed by atoms with van der Waals surface area (Å²) in [5, 5.41) is 0. The van der Waals surface area contributed by atoms with Gasteiger partial charge < -0.3 is 9.47 Å². The van der Waals surface area contributed by atoms with E-state index in [9.17, 15) is 9.18 Å². The van der Waals surface area contributed by atoms with Gasteiger partial charge in [0.25, 0.3) is 0 Å². The maximum atomic E-state index is 13.2. The number of nitrogens with zero attached hydrogens (tertiary/aromatic N) is 4. The van der Waals surface area contributed by atoms with Gasteiger partial charge in [-0.1, -0.05) is 31.4 Å². The van der Waals surface area contributed by atoms with Crippen molar-refractivity contribution in [2.45, 2.75) is 57.7 Å². The molecular formula is C22H31FN4O. The molecule has 0 bridgehead atoms. The van der Waals surface area contributed by atoms with Gasteiger partial charge in [-0.25, -0.2) is 9.37 Å². The fourth-order valence-corrected chi connectivity index (χ4v) is 3.94. The lowest BCUT2D eigenvalue weighted by Crippen LogP contribution is -2.45. The highest BCUT2D eigenvalue weighted by molar-refractivity contribution is 5.78. The van der Waals surface area contributed by atoms with E-state index in [1.807, 2.05) is 24.5 Å². The van der Waals surface area contributed by atoms with Crippen LogP contribution in [0.25, 0.3) is 0 Å². The molecule has 1 aromatic heterocycles. The van der Waals surface area contributed by atoms with Crippen LogP contribution in [0.2, 0.25) is 0 Å². The quantitative estimate of drug-likeness (QED) is 0.660. The normalized spacial score (nSPS) is 15.1. The van der Waals surface area contributed by atoms with E-state index >= 15 is 0 Å². The summed E-state index contributed by atoms with van der Waals surface area (Å²) < 4.78 is 15.3. The van der Waals surface area contributed by atoms with Crippen molar-refractivity contribution in [1.82, 2.24) is 19.4 Å². The van der Waals surface area contributed by atoms with E-state index in [1.165, 1.54) is 31.4 Å². The molecule has 0 spiro atoms. The molecule has 5 nitrogen and oxygen atoms in total. The number of amides is 1. The number of carbonyl (C=O) groups is 1. The van der Waals surface area contributed by atoms with Crippen LogP contribution in [0.15, 0.2) is 43.0 Å². The van der Waals surface area contributed by atoms with Gasteiger partial charge in [-0.15, -0.1) is 0 Å². The van der Waals surface area contributed by atoms with Gasteiger partial charge in [0, 0.05) is 38.1 Å². The highest BCUT2D eigenvalue weighted by atomic mass is 19.1. The lowest BCUT2D eigenvalue weighted by Gasteiger charge is -2.35. The standard InChI is InChI=1S/C22H31FN4O/c1-25(13-5-14-26-15-12-24-18-26)17-22(28)27(21-6-3-2-4-7-21)16-19-8-10-20(23)11-9-19/h8-12,15,18,21H,2-7,13-14,16-17H2,1H3. The molecule has 0 saturated heterocycles. The Kier molecular flexibility index (Phi) is 7.60. The molecule has 0 atom stereocenters. The number of imidazole rings is 1. The molecule has 3 rings (SSSR count). The number of hydrogen-bond donors (Lipinski definition) is 0. The van der Waals surface area contributed by atoms with Gasteiger partial charge in [-0.2, -0.15) is 0 Å². The number of aromatic nitrogens is 2. The highest BCUT2D eigenvalue weighted by Crippen LogP contribution is 2.24. The number of aryl methyl sites for hydroxylation is 1. The molecule has 28 heavy (non-hydrogen) atoms. The Morgan fingerprint density at radius 3 is 2.64 bits per heavy atom. The number of benzene rings is 1. The minimum atomic E-state index is -0.239.